The Balaban J connectivity index is 2.65. The number of hydrogen-bond acceptors (Lipinski definition) is 4. The lowest BCUT2D eigenvalue weighted by atomic mass is 9.96. The first kappa shape index (κ1) is 14.6. The predicted octanol–water partition coefficient (Wildman–Crippen LogP) is 2.39. The van der Waals surface area contributed by atoms with E-state index in [2.05, 4.69) is 13.8 Å². The molecule has 0 radical (unpaired) electrons. The quantitative estimate of drug-likeness (QED) is 0.601. The van der Waals surface area contributed by atoms with Crippen molar-refractivity contribution in [2.45, 2.75) is 38.8 Å². The molecule has 5 heteroatoms. The molecule has 0 heterocycles. The summed E-state index contributed by atoms with van der Waals surface area (Å²) in [5, 5.41) is 20.5. The number of hydrogen-bond donors (Lipinski definition) is 2. The Morgan fingerprint density at radius 1 is 1.28 bits per heavy atom. The maximum absolute atomic E-state index is 10.5. The van der Waals surface area contributed by atoms with Crippen molar-refractivity contribution in [1.29, 1.82) is 0 Å². The zero-order chi connectivity index (χ0) is 13.7. The summed E-state index contributed by atoms with van der Waals surface area (Å²) in [4.78, 5) is 10.1. The fraction of sp³-hybridized carbons (Fsp3) is 0.538. The minimum Gasteiger partial charge on any atom is -0.391 e. The molecule has 0 spiro atoms. The van der Waals surface area contributed by atoms with Gasteiger partial charge in [-0.2, -0.15) is 0 Å². The third-order valence-electron chi connectivity index (χ3n) is 2.94. The SMILES string of the molecule is CC(C)CC[C@H](O)[C@H](N)c1ccc([N+](=O)[O-])cc1. The Labute approximate surface area is 107 Å². The highest BCUT2D eigenvalue weighted by Gasteiger charge is 2.17. The second-order valence-electron chi connectivity index (χ2n) is 4.91. The van der Waals surface area contributed by atoms with E-state index in [0.29, 0.717) is 12.3 Å². The minimum atomic E-state index is -0.617. The third kappa shape index (κ3) is 4.09. The zero-order valence-electron chi connectivity index (χ0n) is 10.7. The van der Waals surface area contributed by atoms with E-state index in [1.165, 1.54) is 12.1 Å². The fourth-order valence-electron chi connectivity index (χ4n) is 1.72. The van der Waals surface area contributed by atoms with Crippen LogP contribution in [0.2, 0.25) is 0 Å². The standard InChI is InChI=1S/C13H20N2O3/c1-9(2)3-8-12(16)13(14)10-4-6-11(7-5-10)15(17)18/h4-7,9,12-13,16H,3,8,14H2,1-2H3/t12-,13+/m0/s1. The summed E-state index contributed by atoms with van der Waals surface area (Å²) in [7, 11) is 0. The summed E-state index contributed by atoms with van der Waals surface area (Å²) < 4.78 is 0. The van der Waals surface area contributed by atoms with Gasteiger partial charge in [0.25, 0.3) is 5.69 Å². The van der Waals surface area contributed by atoms with E-state index in [9.17, 15) is 15.2 Å². The summed E-state index contributed by atoms with van der Waals surface area (Å²) in [6, 6.07) is 5.52. The van der Waals surface area contributed by atoms with Gasteiger partial charge < -0.3 is 10.8 Å². The Bertz CT molecular complexity index is 390. The highest BCUT2D eigenvalue weighted by Crippen LogP contribution is 2.21. The number of nitro benzene ring substituents is 1. The van der Waals surface area contributed by atoms with E-state index in [-0.39, 0.29) is 5.69 Å². The van der Waals surface area contributed by atoms with Crippen molar-refractivity contribution < 1.29 is 10.0 Å². The van der Waals surface area contributed by atoms with Crippen molar-refractivity contribution >= 4 is 5.69 Å². The molecule has 0 fully saturated rings. The second-order valence-corrected chi connectivity index (χ2v) is 4.91. The maximum Gasteiger partial charge on any atom is 0.269 e. The van der Waals surface area contributed by atoms with Crippen molar-refractivity contribution in [3.63, 3.8) is 0 Å². The van der Waals surface area contributed by atoms with Crippen LogP contribution in [0.25, 0.3) is 0 Å². The molecule has 5 nitrogen and oxygen atoms in total. The van der Waals surface area contributed by atoms with E-state index < -0.39 is 17.1 Å². The first-order chi connectivity index (χ1) is 8.41. The van der Waals surface area contributed by atoms with Crippen LogP contribution in [0, 0.1) is 16.0 Å². The fourth-order valence-corrected chi connectivity index (χ4v) is 1.72. The van der Waals surface area contributed by atoms with Crippen molar-refractivity contribution in [2.24, 2.45) is 11.7 Å². The van der Waals surface area contributed by atoms with Crippen LogP contribution >= 0.6 is 0 Å². The van der Waals surface area contributed by atoms with Gasteiger partial charge in [0.05, 0.1) is 17.1 Å². The lowest BCUT2D eigenvalue weighted by Gasteiger charge is -2.19. The first-order valence-electron chi connectivity index (χ1n) is 6.09. The van der Waals surface area contributed by atoms with Crippen LogP contribution in [0.4, 0.5) is 5.69 Å². The van der Waals surface area contributed by atoms with Crippen LogP contribution in [0.3, 0.4) is 0 Å². The van der Waals surface area contributed by atoms with Crippen molar-refractivity contribution in [2.75, 3.05) is 0 Å². The van der Waals surface area contributed by atoms with Gasteiger partial charge >= 0.3 is 0 Å². The van der Waals surface area contributed by atoms with Crippen molar-refractivity contribution in [1.82, 2.24) is 0 Å². The Morgan fingerprint density at radius 2 is 1.83 bits per heavy atom. The molecule has 18 heavy (non-hydrogen) atoms. The number of aliphatic hydroxyl groups excluding tert-OH is 1. The van der Waals surface area contributed by atoms with Crippen LogP contribution in [0.1, 0.15) is 38.3 Å². The monoisotopic (exact) mass is 252 g/mol. The summed E-state index contributed by atoms with van der Waals surface area (Å²) >= 11 is 0. The van der Waals surface area contributed by atoms with Gasteiger partial charge in [-0.25, -0.2) is 0 Å². The Morgan fingerprint density at radius 3 is 2.28 bits per heavy atom. The number of aliphatic hydroxyl groups is 1. The predicted molar refractivity (Wildman–Crippen MR) is 70.1 cm³/mol. The minimum absolute atomic E-state index is 0.0302. The van der Waals surface area contributed by atoms with Gasteiger partial charge in [-0.15, -0.1) is 0 Å². The average molecular weight is 252 g/mol. The van der Waals surface area contributed by atoms with E-state index >= 15 is 0 Å². The normalized spacial score (nSPS) is 14.5. The van der Waals surface area contributed by atoms with E-state index in [1.807, 2.05) is 0 Å². The second kappa shape index (κ2) is 6.47. The molecular weight excluding hydrogens is 232 g/mol. The van der Waals surface area contributed by atoms with E-state index in [4.69, 9.17) is 5.73 Å². The van der Waals surface area contributed by atoms with Crippen LogP contribution < -0.4 is 5.73 Å². The highest BCUT2D eigenvalue weighted by atomic mass is 16.6. The van der Waals surface area contributed by atoms with Gasteiger partial charge in [-0.05, 0) is 24.3 Å². The van der Waals surface area contributed by atoms with Gasteiger partial charge in [0.15, 0.2) is 0 Å². The molecule has 0 bridgehead atoms. The molecule has 0 saturated heterocycles. The first-order valence-corrected chi connectivity index (χ1v) is 6.09. The molecule has 0 saturated carbocycles. The van der Waals surface area contributed by atoms with Gasteiger partial charge in [0.2, 0.25) is 0 Å². The summed E-state index contributed by atoms with van der Waals surface area (Å²) in [6.45, 7) is 4.17. The Hall–Kier alpha value is -1.46. The number of nitro groups is 1. The van der Waals surface area contributed by atoms with E-state index in [1.54, 1.807) is 12.1 Å². The number of nitrogens with two attached hydrogens (primary N) is 1. The molecule has 0 amide bonds. The van der Waals surface area contributed by atoms with Gasteiger partial charge in [-0.3, -0.25) is 10.1 Å². The average Bonchev–Trinajstić information content (AvgIpc) is 2.35. The number of benzene rings is 1. The zero-order valence-corrected chi connectivity index (χ0v) is 10.7. The molecule has 0 aromatic heterocycles. The highest BCUT2D eigenvalue weighted by molar-refractivity contribution is 5.34. The molecule has 0 aliphatic heterocycles. The molecule has 2 atom stereocenters. The van der Waals surface area contributed by atoms with E-state index in [0.717, 1.165) is 12.0 Å². The summed E-state index contributed by atoms with van der Waals surface area (Å²) in [6.07, 6.45) is 0.923. The molecule has 0 unspecified atom stereocenters. The third-order valence-corrected chi connectivity index (χ3v) is 2.94. The molecule has 1 aromatic carbocycles. The molecular formula is C13H20N2O3. The number of rotatable bonds is 6. The molecule has 100 valence electrons. The van der Waals surface area contributed by atoms with Gasteiger partial charge in [0, 0.05) is 12.1 Å². The van der Waals surface area contributed by atoms with Crippen molar-refractivity contribution in [3.05, 3.63) is 39.9 Å². The largest absolute Gasteiger partial charge is 0.391 e. The van der Waals surface area contributed by atoms with Crippen LogP contribution in [0.15, 0.2) is 24.3 Å². The molecule has 3 N–H and O–H groups in total. The van der Waals surface area contributed by atoms with Gasteiger partial charge in [0.1, 0.15) is 0 Å². The molecule has 0 aliphatic carbocycles. The lowest BCUT2D eigenvalue weighted by Crippen LogP contribution is -2.26. The van der Waals surface area contributed by atoms with Crippen LogP contribution in [-0.2, 0) is 0 Å². The summed E-state index contributed by atoms with van der Waals surface area (Å²) in [5.41, 5.74) is 6.68. The van der Waals surface area contributed by atoms with Crippen LogP contribution in [-0.4, -0.2) is 16.1 Å². The summed E-state index contributed by atoms with van der Waals surface area (Å²) in [5.74, 6) is 0.517. The number of nitrogens with zero attached hydrogens (tertiary/aromatic N) is 1. The molecule has 0 aliphatic rings. The Kier molecular flexibility index (Phi) is 5.25. The van der Waals surface area contributed by atoms with Crippen molar-refractivity contribution in [3.8, 4) is 0 Å². The van der Waals surface area contributed by atoms with Gasteiger partial charge in [-0.1, -0.05) is 26.0 Å². The maximum atomic E-state index is 10.5. The van der Waals surface area contributed by atoms with Crippen LogP contribution in [0.5, 0.6) is 0 Å². The molecule has 1 aromatic rings. The lowest BCUT2D eigenvalue weighted by molar-refractivity contribution is -0.384. The topological polar surface area (TPSA) is 89.4 Å². The smallest absolute Gasteiger partial charge is 0.269 e. The number of non-ortho nitro benzene ring substituents is 1. The molecule has 1 rings (SSSR count).